The van der Waals surface area contributed by atoms with Gasteiger partial charge in [-0.25, -0.2) is 4.79 Å². The largest absolute Gasteiger partial charge is 0.336 e. The summed E-state index contributed by atoms with van der Waals surface area (Å²) in [5.74, 6) is -0.0748. The van der Waals surface area contributed by atoms with Crippen molar-refractivity contribution < 1.29 is 14.4 Å². The zero-order valence-electron chi connectivity index (χ0n) is 14.9. The van der Waals surface area contributed by atoms with E-state index in [1.165, 1.54) is 20.9 Å². The summed E-state index contributed by atoms with van der Waals surface area (Å²) in [5.41, 5.74) is 2.40. The Kier molecular flexibility index (Phi) is 5.06. The van der Waals surface area contributed by atoms with E-state index in [2.05, 4.69) is 31.2 Å². The maximum absolute atomic E-state index is 12.6. The van der Waals surface area contributed by atoms with Crippen molar-refractivity contribution in [3.63, 3.8) is 0 Å². The number of likely N-dealkylation sites (tertiary alicyclic amines) is 1. The number of carbonyl (C=O) groups excluding carboxylic acids is 3. The van der Waals surface area contributed by atoms with E-state index in [1.807, 2.05) is 4.90 Å². The Morgan fingerprint density at radius 2 is 1.92 bits per heavy atom. The predicted molar refractivity (Wildman–Crippen MR) is 93.8 cm³/mol. The molecular formula is C19H25N3O3. The van der Waals surface area contributed by atoms with Crippen molar-refractivity contribution in [3.8, 4) is 0 Å². The third-order valence-corrected chi connectivity index (χ3v) is 5.04. The number of benzene rings is 1. The third kappa shape index (κ3) is 3.67. The molecule has 25 heavy (non-hydrogen) atoms. The maximum atomic E-state index is 12.6. The molecule has 1 atom stereocenters. The molecular weight excluding hydrogens is 318 g/mol. The lowest BCUT2D eigenvalue weighted by molar-refractivity contribution is -0.133. The Bertz CT molecular complexity index is 671. The molecule has 1 aromatic rings. The zero-order chi connectivity index (χ0) is 18.0. The van der Waals surface area contributed by atoms with Crippen molar-refractivity contribution in [2.24, 2.45) is 0 Å². The van der Waals surface area contributed by atoms with Gasteiger partial charge in [0.05, 0.1) is 6.04 Å². The van der Waals surface area contributed by atoms with Gasteiger partial charge in [0.15, 0.2) is 0 Å². The molecule has 2 saturated heterocycles. The van der Waals surface area contributed by atoms with Crippen LogP contribution in [0.15, 0.2) is 24.3 Å². The number of aryl methyl sites for hydroxylation is 1. The van der Waals surface area contributed by atoms with Crippen LogP contribution in [0.5, 0.6) is 0 Å². The molecule has 3 rings (SSSR count). The van der Waals surface area contributed by atoms with Crippen molar-refractivity contribution >= 4 is 17.8 Å². The molecule has 4 amide bonds. The molecule has 0 bridgehead atoms. The van der Waals surface area contributed by atoms with E-state index in [1.54, 1.807) is 7.05 Å². The van der Waals surface area contributed by atoms with Gasteiger partial charge in [0, 0.05) is 26.6 Å². The van der Waals surface area contributed by atoms with Gasteiger partial charge in [-0.1, -0.05) is 29.8 Å². The summed E-state index contributed by atoms with van der Waals surface area (Å²) in [5, 5.41) is 0. The zero-order valence-corrected chi connectivity index (χ0v) is 14.9. The fourth-order valence-corrected chi connectivity index (χ4v) is 3.62. The van der Waals surface area contributed by atoms with E-state index >= 15 is 0 Å². The first-order valence-corrected chi connectivity index (χ1v) is 8.89. The van der Waals surface area contributed by atoms with Crippen molar-refractivity contribution in [3.05, 3.63) is 35.4 Å². The van der Waals surface area contributed by atoms with Gasteiger partial charge in [0.2, 0.25) is 11.8 Å². The predicted octanol–water partition coefficient (Wildman–Crippen LogP) is 2.33. The molecule has 134 valence electrons. The molecule has 0 radical (unpaired) electrons. The second-order valence-electron chi connectivity index (χ2n) is 6.94. The highest BCUT2D eigenvalue weighted by Gasteiger charge is 2.34. The van der Waals surface area contributed by atoms with Crippen molar-refractivity contribution in [1.82, 2.24) is 14.7 Å². The molecule has 0 N–H and O–H groups in total. The van der Waals surface area contributed by atoms with Crippen molar-refractivity contribution in [2.75, 3.05) is 26.7 Å². The van der Waals surface area contributed by atoms with Gasteiger partial charge in [-0.05, 0) is 31.7 Å². The molecule has 0 spiro atoms. The van der Waals surface area contributed by atoms with Gasteiger partial charge in [0.25, 0.3) is 0 Å². The average Bonchev–Trinajstić information content (AvgIpc) is 3.16. The van der Waals surface area contributed by atoms with E-state index in [4.69, 9.17) is 0 Å². The topological polar surface area (TPSA) is 60.9 Å². The minimum Gasteiger partial charge on any atom is -0.336 e. The Hall–Kier alpha value is -2.37. The van der Waals surface area contributed by atoms with Crippen LogP contribution in [-0.4, -0.2) is 59.2 Å². The first-order chi connectivity index (χ1) is 12.0. The Morgan fingerprint density at radius 1 is 1.20 bits per heavy atom. The second kappa shape index (κ2) is 7.25. The number of amides is 4. The molecule has 0 aliphatic carbocycles. The number of hydrogen-bond donors (Lipinski definition) is 0. The van der Waals surface area contributed by atoms with Crippen LogP contribution < -0.4 is 0 Å². The Morgan fingerprint density at radius 3 is 2.56 bits per heavy atom. The Labute approximate surface area is 148 Å². The van der Waals surface area contributed by atoms with Crippen LogP contribution in [0.1, 0.15) is 42.9 Å². The molecule has 0 aromatic heterocycles. The van der Waals surface area contributed by atoms with E-state index in [-0.39, 0.29) is 30.4 Å². The fourth-order valence-electron chi connectivity index (χ4n) is 3.62. The molecule has 6 nitrogen and oxygen atoms in total. The first kappa shape index (κ1) is 17.5. The number of nitrogens with zero attached hydrogens (tertiary/aromatic N) is 3. The van der Waals surface area contributed by atoms with Crippen LogP contribution in [0.4, 0.5) is 4.79 Å². The van der Waals surface area contributed by atoms with E-state index in [9.17, 15) is 14.4 Å². The van der Waals surface area contributed by atoms with Gasteiger partial charge in [0.1, 0.15) is 6.54 Å². The minimum atomic E-state index is -0.267. The number of hydrogen-bond acceptors (Lipinski definition) is 3. The summed E-state index contributed by atoms with van der Waals surface area (Å²) >= 11 is 0. The summed E-state index contributed by atoms with van der Waals surface area (Å²) in [6.07, 6.45) is 2.88. The molecule has 6 heteroatoms. The monoisotopic (exact) mass is 343 g/mol. The average molecular weight is 343 g/mol. The van der Waals surface area contributed by atoms with Crippen LogP contribution in [0.25, 0.3) is 0 Å². The number of imide groups is 1. The van der Waals surface area contributed by atoms with E-state index < -0.39 is 0 Å². The quantitative estimate of drug-likeness (QED) is 0.771. The van der Waals surface area contributed by atoms with Crippen molar-refractivity contribution in [2.45, 2.75) is 38.6 Å². The van der Waals surface area contributed by atoms with Gasteiger partial charge < -0.3 is 9.80 Å². The van der Waals surface area contributed by atoms with Gasteiger partial charge in [-0.2, -0.15) is 0 Å². The smallest absolute Gasteiger partial charge is 0.326 e. The van der Waals surface area contributed by atoms with E-state index in [0.717, 1.165) is 19.4 Å². The molecule has 2 fully saturated rings. The molecule has 2 heterocycles. The van der Waals surface area contributed by atoms with Crippen LogP contribution in [0.2, 0.25) is 0 Å². The summed E-state index contributed by atoms with van der Waals surface area (Å²) in [6, 6.07) is 8.24. The summed E-state index contributed by atoms with van der Waals surface area (Å²) < 4.78 is 0. The highest BCUT2D eigenvalue weighted by Crippen LogP contribution is 2.32. The van der Waals surface area contributed by atoms with Crippen molar-refractivity contribution in [1.29, 1.82) is 0 Å². The summed E-state index contributed by atoms with van der Waals surface area (Å²) in [7, 11) is 1.61. The lowest BCUT2D eigenvalue weighted by atomic mass is 10.0. The lowest BCUT2D eigenvalue weighted by Crippen LogP contribution is -2.34. The molecule has 0 saturated carbocycles. The highest BCUT2D eigenvalue weighted by atomic mass is 16.2. The number of carbonyl (C=O) groups is 3. The van der Waals surface area contributed by atoms with Crippen LogP contribution in [0.3, 0.4) is 0 Å². The van der Waals surface area contributed by atoms with Gasteiger partial charge in [-0.3, -0.25) is 14.5 Å². The standard InChI is InChI=1S/C19H25N3O3/c1-14-7-9-15(10-8-14)16-5-3-11-21(16)17(23)6-4-12-22-18(24)13-20(2)19(22)25/h7-10,16H,3-6,11-13H2,1-2H3. The molecule has 1 unspecified atom stereocenters. The van der Waals surface area contributed by atoms with Gasteiger partial charge in [-0.15, -0.1) is 0 Å². The van der Waals surface area contributed by atoms with Crippen LogP contribution >= 0.6 is 0 Å². The molecule has 2 aliphatic rings. The van der Waals surface area contributed by atoms with E-state index in [0.29, 0.717) is 19.4 Å². The van der Waals surface area contributed by atoms with Crippen LogP contribution in [0, 0.1) is 6.92 Å². The summed E-state index contributed by atoms with van der Waals surface area (Å²) in [6.45, 7) is 3.28. The number of rotatable bonds is 5. The fraction of sp³-hybridized carbons (Fsp3) is 0.526. The second-order valence-corrected chi connectivity index (χ2v) is 6.94. The SMILES string of the molecule is Cc1ccc(C2CCCN2C(=O)CCCN2C(=O)CN(C)C2=O)cc1. The minimum absolute atomic E-state index is 0.107. The van der Waals surface area contributed by atoms with Crippen LogP contribution in [-0.2, 0) is 9.59 Å². The normalized spacial score (nSPS) is 20.7. The Balaban J connectivity index is 1.55. The number of likely N-dealkylation sites (N-methyl/N-ethyl adjacent to an activating group) is 1. The lowest BCUT2D eigenvalue weighted by Gasteiger charge is -2.25. The maximum Gasteiger partial charge on any atom is 0.326 e. The first-order valence-electron chi connectivity index (χ1n) is 8.89. The molecule has 1 aromatic carbocycles. The highest BCUT2D eigenvalue weighted by molar-refractivity contribution is 6.01. The summed E-state index contributed by atoms with van der Waals surface area (Å²) in [4.78, 5) is 40.8. The third-order valence-electron chi connectivity index (χ3n) is 5.04. The van der Waals surface area contributed by atoms with Gasteiger partial charge >= 0.3 is 6.03 Å². The molecule has 2 aliphatic heterocycles. The number of urea groups is 1.